The number of piperidine rings is 1. The zero-order valence-corrected chi connectivity index (χ0v) is 15.1. The van der Waals surface area contributed by atoms with Crippen LogP contribution in [0.5, 0.6) is 0 Å². The minimum atomic E-state index is -3.15. The Morgan fingerprint density at radius 3 is 2.46 bits per heavy atom. The molecule has 1 N–H and O–H groups in total. The molecule has 0 aliphatic carbocycles. The van der Waals surface area contributed by atoms with Gasteiger partial charge in [0.2, 0.25) is 15.9 Å². The molecule has 1 amide bonds. The molecule has 0 radical (unpaired) electrons. The van der Waals surface area contributed by atoms with Crippen LogP contribution in [0.15, 0.2) is 24.3 Å². The number of benzene rings is 1. The Morgan fingerprint density at radius 2 is 1.88 bits per heavy atom. The van der Waals surface area contributed by atoms with E-state index in [-0.39, 0.29) is 17.6 Å². The van der Waals surface area contributed by atoms with Gasteiger partial charge in [-0.1, -0.05) is 24.3 Å². The lowest BCUT2D eigenvalue weighted by Crippen LogP contribution is -2.43. The molecule has 0 spiro atoms. The Labute approximate surface area is 144 Å². The van der Waals surface area contributed by atoms with E-state index >= 15 is 0 Å². The highest BCUT2D eigenvalue weighted by Crippen LogP contribution is 2.20. The first kappa shape index (κ1) is 18.9. The lowest BCUT2D eigenvalue weighted by molar-refractivity contribution is -0.126. The van der Waals surface area contributed by atoms with Gasteiger partial charge in [0.25, 0.3) is 0 Å². The van der Waals surface area contributed by atoms with Gasteiger partial charge in [0.05, 0.1) is 12.4 Å². The van der Waals surface area contributed by atoms with E-state index in [9.17, 15) is 13.2 Å². The first-order chi connectivity index (χ1) is 11.5. The van der Waals surface area contributed by atoms with Crippen molar-refractivity contribution >= 4 is 15.9 Å². The largest absolute Gasteiger partial charge is 0.380 e. The van der Waals surface area contributed by atoms with Crippen LogP contribution in [0.3, 0.4) is 0 Å². The lowest BCUT2D eigenvalue weighted by atomic mass is 9.97. The van der Waals surface area contributed by atoms with E-state index in [4.69, 9.17) is 4.74 Å². The minimum absolute atomic E-state index is 0.00392. The molecule has 0 aromatic heterocycles. The molecule has 1 aliphatic rings. The topological polar surface area (TPSA) is 75.7 Å². The van der Waals surface area contributed by atoms with E-state index in [0.717, 1.165) is 11.1 Å². The molecule has 1 aromatic carbocycles. The molecular weight excluding hydrogens is 328 g/mol. The highest BCUT2D eigenvalue weighted by Gasteiger charge is 2.29. The number of sulfonamides is 1. The predicted molar refractivity (Wildman–Crippen MR) is 92.8 cm³/mol. The molecule has 0 saturated carbocycles. The average Bonchev–Trinajstić information content (AvgIpc) is 2.61. The van der Waals surface area contributed by atoms with Crippen LogP contribution in [0.4, 0.5) is 0 Å². The van der Waals surface area contributed by atoms with Crippen molar-refractivity contribution in [2.75, 3.05) is 26.0 Å². The zero-order valence-electron chi connectivity index (χ0n) is 14.3. The van der Waals surface area contributed by atoms with Gasteiger partial charge in [0.15, 0.2) is 0 Å². The van der Waals surface area contributed by atoms with Crippen molar-refractivity contribution in [3.63, 3.8) is 0 Å². The van der Waals surface area contributed by atoms with E-state index in [0.29, 0.717) is 39.1 Å². The molecule has 134 valence electrons. The van der Waals surface area contributed by atoms with Crippen molar-refractivity contribution in [1.82, 2.24) is 9.62 Å². The van der Waals surface area contributed by atoms with Crippen LogP contribution < -0.4 is 5.32 Å². The SMILES string of the molecule is CCS(=O)(=O)N1CCC(C(=O)NCc2ccccc2COC)CC1. The Kier molecular flexibility index (Phi) is 6.77. The fourth-order valence-electron chi connectivity index (χ4n) is 2.93. The van der Waals surface area contributed by atoms with Crippen LogP contribution >= 0.6 is 0 Å². The van der Waals surface area contributed by atoms with E-state index in [1.165, 1.54) is 4.31 Å². The third kappa shape index (κ3) is 4.78. The van der Waals surface area contributed by atoms with Crippen LogP contribution in [-0.2, 0) is 32.7 Å². The maximum absolute atomic E-state index is 12.4. The van der Waals surface area contributed by atoms with Gasteiger partial charge in [-0.15, -0.1) is 0 Å². The molecule has 1 heterocycles. The Morgan fingerprint density at radius 1 is 1.25 bits per heavy atom. The Hall–Kier alpha value is -1.44. The standard InChI is InChI=1S/C17H26N2O4S/c1-3-24(21,22)19-10-8-14(9-11-19)17(20)18-12-15-6-4-5-7-16(15)13-23-2/h4-7,14H,3,8-13H2,1-2H3,(H,18,20). The molecule has 0 unspecified atom stereocenters. The Bertz CT molecular complexity index is 652. The number of hydrogen-bond donors (Lipinski definition) is 1. The van der Waals surface area contributed by atoms with Crippen molar-refractivity contribution in [2.45, 2.75) is 32.9 Å². The maximum Gasteiger partial charge on any atom is 0.223 e. The quantitative estimate of drug-likeness (QED) is 0.805. The summed E-state index contributed by atoms with van der Waals surface area (Å²) in [5.41, 5.74) is 2.10. The first-order valence-corrected chi connectivity index (χ1v) is 9.90. The van der Waals surface area contributed by atoms with Gasteiger partial charge < -0.3 is 10.1 Å². The summed E-state index contributed by atoms with van der Waals surface area (Å²) < 4.78 is 30.4. The van der Waals surface area contributed by atoms with Gasteiger partial charge in [-0.05, 0) is 30.9 Å². The van der Waals surface area contributed by atoms with E-state index < -0.39 is 10.0 Å². The van der Waals surface area contributed by atoms with Gasteiger partial charge in [-0.2, -0.15) is 0 Å². The smallest absolute Gasteiger partial charge is 0.223 e. The molecule has 1 saturated heterocycles. The van der Waals surface area contributed by atoms with Crippen molar-refractivity contribution in [3.05, 3.63) is 35.4 Å². The molecule has 1 aromatic rings. The van der Waals surface area contributed by atoms with Crippen molar-refractivity contribution < 1.29 is 17.9 Å². The van der Waals surface area contributed by atoms with Crippen LogP contribution in [0, 0.1) is 5.92 Å². The lowest BCUT2D eigenvalue weighted by Gasteiger charge is -2.30. The van der Waals surface area contributed by atoms with Crippen LogP contribution in [0.25, 0.3) is 0 Å². The molecule has 24 heavy (non-hydrogen) atoms. The number of carbonyl (C=O) groups is 1. The van der Waals surface area contributed by atoms with E-state index in [2.05, 4.69) is 5.32 Å². The van der Waals surface area contributed by atoms with Crippen molar-refractivity contribution in [3.8, 4) is 0 Å². The third-order valence-electron chi connectivity index (χ3n) is 4.45. The number of hydrogen-bond acceptors (Lipinski definition) is 4. The summed E-state index contributed by atoms with van der Waals surface area (Å²) in [6.45, 7) is 3.47. The number of nitrogens with zero attached hydrogens (tertiary/aromatic N) is 1. The summed E-state index contributed by atoms with van der Waals surface area (Å²) in [5, 5.41) is 2.97. The number of carbonyl (C=O) groups excluding carboxylic acids is 1. The molecule has 0 atom stereocenters. The summed E-state index contributed by atoms with van der Waals surface area (Å²) in [6, 6.07) is 7.85. The van der Waals surface area contributed by atoms with Gasteiger partial charge in [-0.3, -0.25) is 4.79 Å². The molecule has 1 aliphatic heterocycles. The van der Waals surface area contributed by atoms with E-state index in [1.807, 2.05) is 24.3 Å². The number of rotatable bonds is 7. The zero-order chi connectivity index (χ0) is 17.6. The van der Waals surface area contributed by atoms with Crippen molar-refractivity contribution in [2.24, 2.45) is 5.92 Å². The molecule has 1 fully saturated rings. The Balaban J connectivity index is 1.86. The highest BCUT2D eigenvalue weighted by atomic mass is 32.2. The summed E-state index contributed by atoms with van der Waals surface area (Å²) in [5.74, 6) is -0.0150. The predicted octanol–water partition coefficient (Wildman–Crippen LogP) is 1.51. The van der Waals surface area contributed by atoms with Crippen LogP contribution in [-0.4, -0.2) is 44.6 Å². The molecule has 7 heteroatoms. The minimum Gasteiger partial charge on any atom is -0.380 e. The summed E-state index contributed by atoms with van der Waals surface area (Å²) in [6.07, 6.45) is 1.15. The summed E-state index contributed by atoms with van der Waals surface area (Å²) in [4.78, 5) is 12.4. The van der Waals surface area contributed by atoms with Crippen molar-refractivity contribution in [1.29, 1.82) is 0 Å². The molecule has 2 rings (SSSR count). The number of amides is 1. The third-order valence-corrected chi connectivity index (χ3v) is 6.34. The summed E-state index contributed by atoms with van der Waals surface area (Å²) in [7, 11) is -1.50. The van der Waals surface area contributed by atoms with E-state index in [1.54, 1.807) is 14.0 Å². The second kappa shape index (κ2) is 8.60. The second-order valence-corrected chi connectivity index (χ2v) is 8.25. The number of nitrogens with one attached hydrogen (secondary N) is 1. The summed E-state index contributed by atoms with van der Waals surface area (Å²) >= 11 is 0. The van der Waals surface area contributed by atoms with Gasteiger partial charge in [0, 0.05) is 32.7 Å². The van der Waals surface area contributed by atoms with Crippen LogP contribution in [0.2, 0.25) is 0 Å². The highest BCUT2D eigenvalue weighted by molar-refractivity contribution is 7.89. The maximum atomic E-state index is 12.4. The molecular formula is C17H26N2O4S. The van der Waals surface area contributed by atoms with Crippen LogP contribution in [0.1, 0.15) is 30.9 Å². The monoisotopic (exact) mass is 354 g/mol. The average molecular weight is 354 g/mol. The fraction of sp³-hybridized carbons (Fsp3) is 0.588. The first-order valence-electron chi connectivity index (χ1n) is 8.29. The molecule has 0 bridgehead atoms. The normalized spacial score (nSPS) is 16.9. The fourth-order valence-corrected chi connectivity index (χ4v) is 4.06. The number of ether oxygens (including phenoxy) is 1. The van der Waals surface area contributed by atoms with Gasteiger partial charge >= 0.3 is 0 Å². The van der Waals surface area contributed by atoms with Gasteiger partial charge in [0.1, 0.15) is 0 Å². The second-order valence-electron chi connectivity index (χ2n) is 5.99. The van der Waals surface area contributed by atoms with Gasteiger partial charge in [-0.25, -0.2) is 12.7 Å². The molecule has 6 nitrogen and oxygen atoms in total. The number of methoxy groups -OCH3 is 1.